The van der Waals surface area contributed by atoms with Gasteiger partial charge in [-0.3, -0.25) is 4.79 Å². The van der Waals surface area contributed by atoms with Crippen LogP contribution in [0.3, 0.4) is 0 Å². The summed E-state index contributed by atoms with van der Waals surface area (Å²) in [5.41, 5.74) is -7.93. The molecule has 2 bridgehead atoms. The molecular formula is C20H32F6O2. The van der Waals surface area contributed by atoms with Crippen molar-refractivity contribution in [3.05, 3.63) is 0 Å². The molecule has 0 heterocycles. The fourth-order valence-corrected chi connectivity index (χ4v) is 4.15. The Labute approximate surface area is 163 Å². The molecule has 8 heteroatoms. The lowest BCUT2D eigenvalue weighted by atomic mass is 9.72. The number of ether oxygens (including phenoxy) is 1. The molecule has 2 saturated carbocycles. The third kappa shape index (κ3) is 4.45. The predicted molar refractivity (Wildman–Crippen MR) is 94.5 cm³/mol. The molecule has 0 aromatic carbocycles. The largest absolute Gasteiger partial charge is 0.458 e. The summed E-state index contributed by atoms with van der Waals surface area (Å²) in [4.78, 5) is 12.5. The van der Waals surface area contributed by atoms with Crippen LogP contribution in [0.2, 0.25) is 0 Å². The van der Waals surface area contributed by atoms with E-state index < -0.39 is 34.8 Å². The first kappa shape index (κ1) is 25.1. The fraction of sp³-hybridized carbons (Fsp3) is 0.950. The highest BCUT2D eigenvalue weighted by Crippen LogP contribution is 2.60. The minimum absolute atomic E-state index is 0.0335. The van der Waals surface area contributed by atoms with Crippen molar-refractivity contribution in [2.24, 2.45) is 28.6 Å². The van der Waals surface area contributed by atoms with Crippen LogP contribution in [0.25, 0.3) is 0 Å². The second-order valence-electron chi connectivity index (χ2n) is 9.75. The van der Waals surface area contributed by atoms with Gasteiger partial charge in [0.05, 0.1) is 5.41 Å². The Balaban J connectivity index is 0.000000892. The van der Waals surface area contributed by atoms with Gasteiger partial charge in [0.1, 0.15) is 5.60 Å². The molecule has 0 radical (unpaired) electrons. The van der Waals surface area contributed by atoms with E-state index in [0.717, 1.165) is 25.2 Å². The second-order valence-corrected chi connectivity index (χ2v) is 9.75. The molecule has 0 spiro atoms. The molecular weight excluding hydrogens is 386 g/mol. The first-order valence-corrected chi connectivity index (χ1v) is 9.66. The van der Waals surface area contributed by atoms with Crippen molar-refractivity contribution >= 4 is 5.97 Å². The van der Waals surface area contributed by atoms with E-state index in [-0.39, 0.29) is 12.8 Å². The van der Waals surface area contributed by atoms with E-state index in [0.29, 0.717) is 26.2 Å². The van der Waals surface area contributed by atoms with E-state index in [9.17, 15) is 31.1 Å². The van der Waals surface area contributed by atoms with Gasteiger partial charge in [0, 0.05) is 0 Å². The van der Waals surface area contributed by atoms with Gasteiger partial charge in [-0.2, -0.15) is 26.3 Å². The maximum absolute atomic E-state index is 13.3. The number of carbonyl (C=O) groups excluding carboxylic acids is 1. The highest BCUT2D eigenvalue weighted by Gasteiger charge is 2.76. The number of rotatable bonds is 3. The summed E-state index contributed by atoms with van der Waals surface area (Å²) in [6, 6.07) is 0. The quantitative estimate of drug-likeness (QED) is 0.367. The summed E-state index contributed by atoms with van der Waals surface area (Å²) < 4.78 is 84.5. The minimum atomic E-state index is -5.61. The van der Waals surface area contributed by atoms with Gasteiger partial charge in [-0.15, -0.1) is 0 Å². The Bertz CT molecular complexity index is 547. The van der Waals surface area contributed by atoms with Gasteiger partial charge in [0.25, 0.3) is 0 Å². The highest BCUT2D eigenvalue weighted by atomic mass is 19.4. The Morgan fingerprint density at radius 1 is 0.964 bits per heavy atom. The number of fused-ring (bicyclic) bond motifs is 2. The standard InChI is InChI=1S/C16H22F6O2.C4H10/c1-12(2,14(4,15(17,18)19)16(20,21)22)24-11(23)13(3)8-9-5-6-10(13)7-9;1-4(2)3/h9-10H,5-8H2,1-4H3;4H,1-3H3. The van der Waals surface area contributed by atoms with Crippen LogP contribution in [0.4, 0.5) is 26.3 Å². The van der Waals surface area contributed by atoms with Crippen LogP contribution in [0.1, 0.15) is 74.1 Å². The molecule has 28 heavy (non-hydrogen) atoms. The third-order valence-electron chi connectivity index (χ3n) is 6.31. The molecule has 0 N–H and O–H groups in total. The molecule has 0 aromatic rings. The lowest BCUT2D eigenvalue weighted by Crippen LogP contribution is -2.62. The normalized spacial score (nSPS) is 28.2. The zero-order valence-electron chi connectivity index (χ0n) is 17.6. The molecule has 2 fully saturated rings. The lowest BCUT2D eigenvalue weighted by Gasteiger charge is -2.46. The van der Waals surface area contributed by atoms with Gasteiger partial charge in [-0.05, 0) is 64.7 Å². The van der Waals surface area contributed by atoms with Gasteiger partial charge < -0.3 is 4.74 Å². The number of alkyl halides is 6. The Morgan fingerprint density at radius 3 is 1.68 bits per heavy atom. The first-order valence-electron chi connectivity index (χ1n) is 9.66. The zero-order valence-corrected chi connectivity index (χ0v) is 17.6. The predicted octanol–water partition coefficient (Wildman–Crippen LogP) is 6.93. The average molecular weight is 418 g/mol. The number of hydrogen-bond donors (Lipinski definition) is 0. The maximum atomic E-state index is 13.3. The summed E-state index contributed by atoms with van der Waals surface area (Å²) in [5, 5.41) is 0. The van der Waals surface area contributed by atoms with Gasteiger partial charge in [-0.1, -0.05) is 27.2 Å². The molecule has 0 aliphatic heterocycles. The molecule has 0 aromatic heterocycles. The average Bonchev–Trinajstić information content (AvgIpc) is 3.03. The van der Waals surface area contributed by atoms with Crippen LogP contribution in [0.15, 0.2) is 0 Å². The van der Waals surface area contributed by atoms with E-state index in [1.807, 2.05) is 0 Å². The minimum Gasteiger partial charge on any atom is -0.458 e. The van der Waals surface area contributed by atoms with Crippen LogP contribution in [0.5, 0.6) is 0 Å². The lowest BCUT2D eigenvalue weighted by molar-refractivity contribution is -0.377. The van der Waals surface area contributed by atoms with Crippen molar-refractivity contribution in [3.8, 4) is 0 Å². The molecule has 3 atom stereocenters. The van der Waals surface area contributed by atoms with Crippen molar-refractivity contribution in [2.75, 3.05) is 0 Å². The molecule has 2 nitrogen and oxygen atoms in total. The number of carbonyl (C=O) groups is 1. The van der Waals surface area contributed by atoms with E-state index in [2.05, 4.69) is 20.8 Å². The summed E-state index contributed by atoms with van der Waals surface area (Å²) in [6.07, 6.45) is -8.27. The monoisotopic (exact) mass is 418 g/mol. The molecule has 2 aliphatic rings. The topological polar surface area (TPSA) is 26.3 Å². The van der Waals surface area contributed by atoms with Gasteiger partial charge in [-0.25, -0.2) is 0 Å². The summed E-state index contributed by atoms with van der Waals surface area (Å²) in [5.74, 6) is 0.139. The Hall–Kier alpha value is -0.950. The number of halogens is 6. The SMILES string of the molecule is CC(C)C.CC1(C(=O)OC(C)(C)C(C)(C(F)(F)F)C(F)(F)F)CC2CCC1C2. The van der Waals surface area contributed by atoms with Crippen LogP contribution >= 0.6 is 0 Å². The molecule has 2 rings (SSSR count). The molecule has 0 saturated heterocycles. The maximum Gasteiger partial charge on any atom is 0.406 e. The van der Waals surface area contributed by atoms with Crippen molar-refractivity contribution in [3.63, 3.8) is 0 Å². The summed E-state index contributed by atoms with van der Waals surface area (Å²) >= 11 is 0. The number of esters is 1. The van der Waals surface area contributed by atoms with Gasteiger partial charge >= 0.3 is 18.3 Å². The number of hydrogen-bond acceptors (Lipinski definition) is 2. The first-order chi connectivity index (χ1) is 12.3. The van der Waals surface area contributed by atoms with Crippen molar-refractivity contribution in [1.29, 1.82) is 0 Å². The van der Waals surface area contributed by atoms with Crippen molar-refractivity contribution in [1.82, 2.24) is 0 Å². The zero-order chi connectivity index (χ0) is 22.3. The van der Waals surface area contributed by atoms with Crippen LogP contribution in [-0.4, -0.2) is 23.9 Å². The van der Waals surface area contributed by atoms with Crippen molar-refractivity contribution < 1.29 is 35.9 Å². The summed E-state index contributed by atoms with van der Waals surface area (Å²) in [6.45, 7) is 9.50. The fourth-order valence-electron chi connectivity index (χ4n) is 4.15. The molecule has 0 amide bonds. The third-order valence-corrected chi connectivity index (χ3v) is 6.31. The summed E-state index contributed by atoms with van der Waals surface area (Å²) in [7, 11) is 0. The Morgan fingerprint density at radius 2 is 1.39 bits per heavy atom. The van der Waals surface area contributed by atoms with Crippen molar-refractivity contribution in [2.45, 2.75) is 92.1 Å². The smallest absolute Gasteiger partial charge is 0.406 e. The van der Waals surface area contributed by atoms with Crippen LogP contribution < -0.4 is 0 Å². The molecule has 3 unspecified atom stereocenters. The Kier molecular flexibility index (Phi) is 6.91. The van der Waals surface area contributed by atoms with E-state index in [1.54, 1.807) is 6.92 Å². The highest BCUT2D eigenvalue weighted by molar-refractivity contribution is 5.78. The van der Waals surface area contributed by atoms with E-state index in [4.69, 9.17) is 4.74 Å². The second kappa shape index (κ2) is 7.71. The van der Waals surface area contributed by atoms with Crippen LogP contribution in [-0.2, 0) is 9.53 Å². The molecule has 2 aliphatic carbocycles. The van der Waals surface area contributed by atoms with Crippen LogP contribution in [0, 0.1) is 28.6 Å². The van der Waals surface area contributed by atoms with Gasteiger partial charge in [0.2, 0.25) is 0 Å². The molecule has 166 valence electrons. The van der Waals surface area contributed by atoms with E-state index in [1.165, 1.54) is 0 Å². The van der Waals surface area contributed by atoms with Gasteiger partial charge in [0.15, 0.2) is 5.41 Å². The van der Waals surface area contributed by atoms with E-state index >= 15 is 0 Å².